The molecule has 0 N–H and O–H groups in total. The van der Waals surface area contributed by atoms with Crippen molar-refractivity contribution in [2.45, 2.75) is 77.0 Å². The van der Waals surface area contributed by atoms with Crippen molar-refractivity contribution in [3.8, 4) is 0 Å². The summed E-state index contributed by atoms with van der Waals surface area (Å²) in [5.41, 5.74) is 1.26. The maximum Gasteiger partial charge on any atom is 0.123 e. The van der Waals surface area contributed by atoms with Gasteiger partial charge in [0.05, 0.1) is 6.33 Å². The SMILES string of the molecule is F/C=C/CCCCCCC1CCC(CCc2ccc(F)cc2)CC1. The van der Waals surface area contributed by atoms with Gasteiger partial charge in [-0.3, -0.25) is 0 Å². The predicted octanol–water partition coefficient (Wildman–Crippen LogP) is 7.39. The Labute approximate surface area is 146 Å². The Morgan fingerprint density at radius 3 is 2.12 bits per heavy atom. The van der Waals surface area contributed by atoms with Crippen molar-refractivity contribution in [1.82, 2.24) is 0 Å². The molecule has 0 atom stereocenters. The van der Waals surface area contributed by atoms with Crippen LogP contribution in [-0.4, -0.2) is 0 Å². The molecule has 2 rings (SSSR count). The van der Waals surface area contributed by atoms with E-state index in [9.17, 15) is 8.78 Å². The van der Waals surface area contributed by atoms with E-state index >= 15 is 0 Å². The first-order chi connectivity index (χ1) is 11.8. The quantitative estimate of drug-likeness (QED) is 0.391. The number of hydrogen-bond acceptors (Lipinski definition) is 0. The molecular weight excluding hydrogens is 302 g/mol. The fraction of sp³-hybridized carbons (Fsp3) is 0.636. The first-order valence-electron chi connectivity index (χ1n) is 9.77. The van der Waals surface area contributed by atoms with Crippen molar-refractivity contribution in [2.24, 2.45) is 11.8 Å². The molecule has 0 spiro atoms. The summed E-state index contributed by atoms with van der Waals surface area (Å²) < 4.78 is 24.7. The van der Waals surface area contributed by atoms with Gasteiger partial charge >= 0.3 is 0 Å². The minimum Gasteiger partial charge on any atom is -0.216 e. The van der Waals surface area contributed by atoms with Crippen LogP contribution >= 0.6 is 0 Å². The molecule has 1 saturated carbocycles. The highest BCUT2D eigenvalue weighted by Gasteiger charge is 2.20. The van der Waals surface area contributed by atoms with Gasteiger partial charge in [-0.15, -0.1) is 0 Å². The van der Waals surface area contributed by atoms with Gasteiger partial charge in [0.2, 0.25) is 0 Å². The molecule has 1 aliphatic rings. The topological polar surface area (TPSA) is 0 Å². The molecule has 0 radical (unpaired) electrons. The largest absolute Gasteiger partial charge is 0.216 e. The summed E-state index contributed by atoms with van der Waals surface area (Å²) >= 11 is 0. The van der Waals surface area contributed by atoms with Crippen LogP contribution in [0.5, 0.6) is 0 Å². The average Bonchev–Trinajstić information content (AvgIpc) is 2.61. The van der Waals surface area contributed by atoms with Gasteiger partial charge in [0.15, 0.2) is 0 Å². The molecule has 1 aliphatic carbocycles. The molecule has 1 fully saturated rings. The summed E-state index contributed by atoms with van der Waals surface area (Å²) in [4.78, 5) is 0. The van der Waals surface area contributed by atoms with Crippen molar-refractivity contribution in [2.75, 3.05) is 0 Å². The first kappa shape index (κ1) is 19.1. The molecule has 1 aromatic rings. The monoisotopic (exact) mass is 334 g/mol. The molecule has 0 heterocycles. The van der Waals surface area contributed by atoms with Gasteiger partial charge in [0, 0.05) is 0 Å². The van der Waals surface area contributed by atoms with Crippen LogP contribution in [0.3, 0.4) is 0 Å². The summed E-state index contributed by atoms with van der Waals surface area (Å²) in [6, 6.07) is 6.98. The Bertz CT molecular complexity index is 455. The van der Waals surface area contributed by atoms with Crippen LogP contribution in [0.4, 0.5) is 8.78 Å². The van der Waals surface area contributed by atoms with Crippen LogP contribution in [-0.2, 0) is 6.42 Å². The highest BCUT2D eigenvalue weighted by atomic mass is 19.1. The predicted molar refractivity (Wildman–Crippen MR) is 98.1 cm³/mol. The van der Waals surface area contributed by atoms with Gasteiger partial charge in [-0.05, 0) is 55.2 Å². The summed E-state index contributed by atoms with van der Waals surface area (Å²) in [6.45, 7) is 0. The zero-order valence-corrected chi connectivity index (χ0v) is 14.9. The van der Waals surface area contributed by atoms with Crippen LogP contribution in [0.15, 0.2) is 36.7 Å². The lowest BCUT2D eigenvalue weighted by atomic mass is 9.78. The third-order valence-corrected chi connectivity index (χ3v) is 5.54. The maximum atomic E-state index is 12.9. The molecule has 2 heteroatoms. The third-order valence-electron chi connectivity index (χ3n) is 5.54. The van der Waals surface area contributed by atoms with E-state index in [1.54, 1.807) is 18.2 Å². The standard InChI is InChI=1S/C22H32F2/c23-18-6-4-2-1-3-5-7-19-8-10-20(11-9-19)12-13-21-14-16-22(24)17-15-21/h6,14-20H,1-5,7-13H2/b18-6+. The number of aryl methyl sites for hydroxylation is 1. The first-order valence-corrected chi connectivity index (χ1v) is 9.77. The van der Waals surface area contributed by atoms with Gasteiger partial charge in [0.1, 0.15) is 5.82 Å². The van der Waals surface area contributed by atoms with Crippen LogP contribution in [0.25, 0.3) is 0 Å². The third kappa shape index (κ3) is 7.59. The molecule has 0 saturated heterocycles. The molecule has 0 aliphatic heterocycles. The molecule has 24 heavy (non-hydrogen) atoms. The smallest absolute Gasteiger partial charge is 0.123 e. The number of benzene rings is 1. The lowest BCUT2D eigenvalue weighted by Gasteiger charge is -2.28. The number of allylic oxidation sites excluding steroid dienone is 1. The Kier molecular flexibility index (Phi) is 9.09. The molecule has 0 aromatic heterocycles. The lowest BCUT2D eigenvalue weighted by molar-refractivity contribution is 0.249. The van der Waals surface area contributed by atoms with Gasteiger partial charge in [-0.25, -0.2) is 8.78 Å². The summed E-state index contributed by atoms with van der Waals surface area (Å²) in [5, 5.41) is 0. The van der Waals surface area contributed by atoms with Crippen molar-refractivity contribution >= 4 is 0 Å². The molecule has 0 bridgehead atoms. The fourth-order valence-electron chi connectivity index (χ4n) is 3.94. The Morgan fingerprint density at radius 2 is 1.46 bits per heavy atom. The van der Waals surface area contributed by atoms with Crippen LogP contribution in [0, 0.1) is 17.7 Å². The van der Waals surface area contributed by atoms with Crippen LogP contribution in [0.1, 0.15) is 76.2 Å². The number of unbranched alkanes of at least 4 members (excludes halogenated alkanes) is 4. The summed E-state index contributed by atoms with van der Waals surface area (Å²) in [5.74, 6) is 1.65. The highest BCUT2D eigenvalue weighted by molar-refractivity contribution is 5.16. The second kappa shape index (κ2) is 11.4. The fourth-order valence-corrected chi connectivity index (χ4v) is 3.94. The molecule has 0 nitrogen and oxygen atoms in total. The van der Waals surface area contributed by atoms with Gasteiger partial charge in [-0.2, -0.15) is 0 Å². The minimum absolute atomic E-state index is 0.141. The van der Waals surface area contributed by atoms with Crippen molar-refractivity contribution in [1.29, 1.82) is 0 Å². The number of hydrogen-bond donors (Lipinski definition) is 0. The van der Waals surface area contributed by atoms with E-state index in [2.05, 4.69) is 0 Å². The summed E-state index contributed by atoms with van der Waals surface area (Å²) in [6.07, 6.45) is 17.4. The van der Waals surface area contributed by atoms with Crippen molar-refractivity contribution in [3.63, 3.8) is 0 Å². The normalized spacial score (nSPS) is 21.4. The maximum absolute atomic E-state index is 12.9. The number of halogens is 2. The molecule has 0 amide bonds. The second-order valence-electron chi connectivity index (χ2n) is 7.41. The van der Waals surface area contributed by atoms with Gasteiger partial charge < -0.3 is 0 Å². The molecule has 0 unspecified atom stereocenters. The van der Waals surface area contributed by atoms with E-state index in [4.69, 9.17) is 0 Å². The van der Waals surface area contributed by atoms with Crippen molar-refractivity contribution < 1.29 is 8.78 Å². The van der Waals surface area contributed by atoms with Crippen LogP contribution < -0.4 is 0 Å². The van der Waals surface area contributed by atoms with Gasteiger partial charge in [0.25, 0.3) is 0 Å². The van der Waals surface area contributed by atoms with E-state index in [1.807, 2.05) is 12.1 Å². The zero-order valence-electron chi connectivity index (χ0n) is 14.9. The minimum atomic E-state index is -0.141. The van der Waals surface area contributed by atoms with E-state index in [-0.39, 0.29) is 5.82 Å². The van der Waals surface area contributed by atoms with E-state index in [0.29, 0.717) is 6.33 Å². The van der Waals surface area contributed by atoms with Crippen LogP contribution in [0.2, 0.25) is 0 Å². The molecular formula is C22H32F2. The van der Waals surface area contributed by atoms with E-state index in [1.165, 1.54) is 63.4 Å². The summed E-state index contributed by atoms with van der Waals surface area (Å²) in [7, 11) is 0. The molecule has 134 valence electrons. The second-order valence-corrected chi connectivity index (χ2v) is 7.41. The highest BCUT2D eigenvalue weighted by Crippen LogP contribution is 2.34. The Hall–Kier alpha value is -1.18. The van der Waals surface area contributed by atoms with Crippen molar-refractivity contribution in [3.05, 3.63) is 48.1 Å². The lowest BCUT2D eigenvalue weighted by Crippen LogP contribution is -2.15. The molecule has 1 aromatic carbocycles. The average molecular weight is 334 g/mol. The Morgan fingerprint density at radius 1 is 0.833 bits per heavy atom. The van der Waals surface area contributed by atoms with Gasteiger partial charge in [-0.1, -0.05) is 69.6 Å². The zero-order chi connectivity index (χ0) is 17.0. The van der Waals surface area contributed by atoms with E-state index < -0.39 is 0 Å². The number of rotatable bonds is 10. The van der Waals surface area contributed by atoms with E-state index in [0.717, 1.165) is 31.1 Å². The Balaban J connectivity index is 1.51.